The molecule has 5 heteroatoms. The fraction of sp³-hybridized carbons (Fsp3) is 0.857. The third-order valence-electron chi connectivity index (χ3n) is 3.20. The fourth-order valence-corrected chi connectivity index (χ4v) is 1.73. The summed E-state index contributed by atoms with van der Waals surface area (Å²) in [7, 11) is 0. The van der Waals surface area contributed by atoms with E-state index in [9.17, 15) is 0 Å². The highest BCUT2D eigenvalue weighted by Gasteiger charge is 2.24. The van der Waals surface area contributed by atoms with Gasteiger partial charge in [0.2, 0.25) is 11.7 Å². The van der Waals surface area contributed by atoms with Crippen molar-refractivity contribution in [3.8, 4) is 0 Å². The lowest BCUT2D eigenvalue weighted by Gasteiger charge is -2.25. The number of nitrogens with two attached hydrogens (primary N) is 1. The third-order valence-corrected chi connectivity index (χ3v) is 3.20. The zero-order chi connectivity index (χ0) is 14.5. The van der Waals surface area contributed by atoms with Crippen LogP contribution >= 0.6 is 0 Å². The van der Waals surface area contributed by atoms with Gasteiger partial charge in [-0.2, -0.15) is 4.98 Å². The first-order valence-corrected chi connectivity index (χ1v) is 7.08. The summed E-state index contributed by atoms with van der Waals surface area (Å²) in [6, 6.07) is -0.00230. The van der Waals surface area contributed by atoms with Gasteiger partial charge in [-0.05, 0) is 18.8 Å². The van der Waals surface area contributed by atoms with Gasteiger partial charge in [-0.3, -0.25) is 0 Å². The van der Waals surface area contributed by atoms with Crippen LogP contribution in [0, 0.1) is 5.41 Å². The molecule has 0 aromatic carbocycles. The molecule has 5 nitrogen and oxygen atoms in total. The molecule has 0 aliphatic heterocycles. The lowest BCUT2D eigenvalue weighted by atomic mass is 9.85. The summed E-state index contributed by atoms with van der Waals surface area (Å²) in [6.07, 6.45) is 2.45. The largest absolute Gasteiger partial charge is 0.370 e. The highest BCUT2D eigenvalue weighted by Crippen LogP contribution is 2.23. The predicted molar refractivity (Wildman–Crippen MR) is 74.7 cm³/mol. The summed E-state index contributed by atoms with van der Waals surface area (Å²) < 4.78 is 10.9. The van der Waals surface area contributed by atoms with Crippen molar-refractivity contribution in [3.05, 3.63) is 11.7 Å². The van der Waals surface area contributed by atoms with Gasteiger partial charge in [0.1, 0.15) is 6.10 Å². The lowest BCUT2D eigenvalue weighted by Crippen LogP contribution is -2.37. The Bertz CT molecular complexity index is 365. The second-order valence-corrected chi connectivity index (χ2v) is 5.96. The number of ether oxygens (including phenoxy) is 1. The van der Waals surface area contributed by atoms with E-state index in [0.29, 0.717) is 24.7 Å². The molecular weight excluding hydrogens is 242 g/mol. The van der Waals surface area contributed by atoms with Crippen LogP contribution in [0.3, 0.4) is 0 Å². The van der Waals surface area contributed by atoms with Crippen LogP contribution in [-0.4, -0.2) is 22.8 Å². The average molecular weight is 269 g/mol. The van der Waals surface area contributed by atoms with Gasteiger partial charge in [0.05, 0.1) is 0 Å². The molecule has 0 amide bonds. The molecule has 1 aromatic heterocycles. The lowest BCUT2D eigenvalue weighted by molar-refractivity contribution is 0.0477. The second-order valence-electron chi connectivity index (χ2n) is 5.96. The van der Waals surface area contributed by atoms with Crippen LogP contribution in [0.4, 0.5) is 0 Å². The van der Waals surface area contributed by atoms with Crippen molar-refractivity contribution in [2.45, 2.75) is 66.0 Å². The first-order valence-electron chi connectivity index (χ1n) is 7.08. The molecule has 1 rings (SSSR count). The van der Waals surface area contributed by atoms with Gasteiger partial charge in [-0.15, -0.1) is 0 Å². The SMILES string of the molecule is CCCC(OCC)c1noc(CC(N)C(C)(C)C)n1. The minimum Gasteiger partial charge on any atom is -0.370 e. The summed E-state index contributed by atoms with van der Waals surface area (Å²) in [5.74, 6) is 1.23. The Morgan fingerprint density at radius 2 is 2.00 bits per heavy atom. The number of aromatic nitrogens is 2. The normalized spacial score (nSPS) is 15.5. The Balaban J connectivity index is 2.70. The smallest absolute Gasteiger partial charge is 0.228 e. The van der Waals surface area contributed by atoms with Gasteiger partial charge in [0, 0.05) is 19.1 Å². The molecule has 0 spiro atoms. The molecule has 0 saturated heterocycles. The summed E-state index contributed by atoms with van der Waals surface area (Å²) in [5, 5.41) is 4.02. The molecule has 2 N–H and O–H groups in total. The second kappa shape index (κ2) is 7.01. The topological polar surface area (TPSA) is 74.2 Å². The quantitative estimate of drug-likeness (QED) is 0.823. The monoisotopic (exact) mass is 269 g/mol. The summed E-state index contributed by atoms with van der Waals surface area (Å²) in [5.41, 5.74) is 6.15. The molecule has 110 valence electrons. The van der Waals surface area contributed by atoms with E-state index >= 15 is 0 Å². The first-order chi connectivity index (χ1) is 8.88. The zero-order valence-corrected chi connectivity index (χ0v) is 12.8. The highest BCUT2D eigenvalue weighted by atomic mass is 16.5. The minimum absolute atomic E-state index is 0.00230. The standard InChI is InChI=1S/C14H27N3O2/c1-6-8-10(18-7-2)13-16-12(19-17-13)9-11(15)14(3,4)5/h10-11H,6-9,15H2,1-5H3. The molecule has 2 unspecified atom stereocenters. The highest BCUT2D eigenvalue weighted by molar-refractivity contribution is 4.95. The molecular formula is C14H27N3O2. The van der Waals surface area contributed by atoms with Gasteiger partial charge in [-0.25, -0.2) is 0 Å². The van der Waals surface area contributed by atoms with E-state index in [2.05, 4.69) is 37.8 Å². The van der Waals surface area contributed by atoms with Gasteiger partial charge < -0.3 is 15.0 Å². The molecule has 0 bridgehead atoms. The van der Waals surface area contributed by atoms with E-state index in [1.165, 1.54) is 0 Å². The molecule has 0 fully saturated rings. The first kappa shape index (κ1) is 16.1. The summed E-state index contributed by atoms with van der Waals surface area (Å²) in [6.45, 7) is 11.1. The van der Waals surface area contributed by atoms with Crippen molar-refractivity contribution in [1.82, 2.24) is 10.1 Å². The molecule has 1 aromatic rings. The average Bonchev–Trinajstić information content (AvgIpc) is 2.76. The van der Waals surface area contributed by atoms with E-state index in [1.807, 2.05) is 6.92 Å². The van der Waals surface area contributed by atoms with E-state index in [-0.39, 0.29) is 17.6 Å². The van der Waals surface area contributed by atoms with Crippen molar-refractivity contribution in [1.29, 1.82) is 0 Å². The Kier molecular flexibility index (Phi) is 5.94. The number of nitrogens with zero attached hydrogens (tertiary/aromatic N) is 2. The van der Waals surface area contributed by atoms with E-state index in [4.69, 9.17) is 15.0 Å². The van der Waals surface area contributed by atoms with Crippen molar-refractivity contribution in [2.75, 3.05) is 6.61 Å². The van der Waals surface area contributed by atoms with Crippen LogP contribution in [0.25, 0.3) is 0 Å². The van der Waals surface area contributed by atoms with Crippen LogP contribution in [-0.2, 0) is 11.2 Å². The Hall–Kier alpha value is -0.940. The van der Waals surface area contributed by atoms with E-state index in [0.717, 1.165) is 12.8 Å². The van der Waals surface area contributed by atoms with Crippen LogP contribution < -0.4 is 5.73 Å². The molecule has 0 aliphatic carbocycles. The van der Waals surface area contributed by atoms with Gasteiger partial charge in [0.15, 0.2) is 0 Å². The minimum atomic E-state index is -0.0710. The van der Waals surface area contributed by atoms with Crippen LogP contribution in [0.1, 0.15) is 65.3 Å². The molecule has 0 radical (unpaired) electrons. The van der Waals surface area contributed by atoms with Gasteiger partial charge >= 0.3 is 0 Å². The van der Waals surface area contributed by atoms with Crippen molar-refractivity contribution in [2.24, 2.45) is 11.1 Å². The van der Waals surface area contributed by atoms with Crippen molar-refractivity contribution >= 4 is 0 Å². The Morgan fingerprint density at radius 1 is 1.32 bits per heavy atom. The molecule has 1 heterocycles. The van der Waals surface area contributed by atoms with Gasteiger partial charge in [0.25, 0.3) is 0 Å². The number of rotatable bonds is 7. The predicted octanol–water partition coefficient (Wildman–Crippen LogP) is 2.86. The van der Waals surface area contributed by atoms with E-state index in [1.54, 1.807) is 0 Å². The van der Waals surface area contributed by atoms with Crippen LogP contribution in [0.15, 0.2) is 4.52 Å². The summed E-state index contributed by atoms with van der Waals surface area (Å²) >= 11 is 0. The molecule has 2 atom stereocenters. The maximum Gasteiger partial charge on any atom is 0.228 e. The van der Waals surface area contributed by atoms with Crippen LogP contribution in [0.2, 0.25) is 0 Å². The Labute approximate surface area is 115 Å². The van der Waals surface area contributed by atoms with E-state index < -0.39 is 0 Å². The van der Waals surface area contributed by atoms with Crippen molar-refractivity contribution < 1.29 is 9.26 Å². The Morgan fingerprint density at radius 3 is 2.53 bits per heavy atom. The molecule has 19 heavy (non-hydrogen) atoms. The molecule has 0 aliphatic rings. The fourth-order valence-electron chi connectivity index (χ4n) is 1.73. The van der Waals surface area contributed by atoms with Gasteiger partial charge in [-0.1, -0.05) is 39.3 Å². The summed E-state index contributed by atoms with van der Waals surface area (Å²) in [4.78, 5) is 4.42. The van der Waals surface area contributed by atoms with Crippen molar-refractivity contribution in [3.63, 3.8) is 0 Å². The third kappa shape index (κ3) is 4.91. The number of hydrogen-bond acceptors (Lipinski definition) is 5. The maximum atomic E-state index is 6.13. The zero-order valence-electron chi connectivity index (χ0n) is 12.8. The maximum absolute atomic E-state index is 6.13. The molecule has 0 saturated carbocycles. The number of hydrogen-bond donors (Lipinski definition) is 1. The van der Waals surface area contributed by atoms with Crippen LogP contribution in [0.5, 0.6) is 0 Å².